The monoisotopic (exact) mass is 231 g/mol. The van der Waals surface area contributed by atoms with E-state index in [0.29, 0.717) is 0 Å². The third kappa shape index (κ3) is 1.60. The number of nitrogens with zero attached hydrogens (tertiary/aromatic N) is 1. The molecule has 2 unspecified atom stereocenters. The van der Waals surface area contributed by atoms with Gasteiger partial charge in [-0.25, -0.2) is 0 Å². The molecular formula is C13H17N3O. The van der Waals surface area contributed by atoms with Gasteiger partial charge >= 0.3 is 0 Å². The molecule has 0 bridgehead atoms. The largest absolute Gasteiger partial charge is 0.368 e. The Labute approximate surface area is 101 Å². The number of carbonyl (C=O) groups excluding carboxylic acids is 1. The lowest BCUT2D eigenvalue weighted by Crippen LogP contribution is -2.40. The number of hydrogen-bond acceptors (Lipinski definition) is 3. The predicted octanol–water partition coefficient (Wildman–Crippen LogP) is 0.971. The van der Waals surface area contributed by atoms with E-state index in [9.17, 15) is 4.79 Å². The van der Waals surface area contributed by atoms with E-state index in [2.05, 4.69) is 35.6 Å². The number of fused-ring (bicyclic) bond motifs is 2. The van der Waals surface area contributed by atoms with Gasteiger partial charge in [-0.2, -0.15) is 0 Å². The molecule has 2 aliphatic heterocycles. The normalized spacial score (nSPS) is 27.2. The third-order valence-corrected chi connectivity index (χ3v) is 3.81. The van der Waals surface area contributed by atoms with Gasteiger partial charge in [0.05, 0.1) is 23.3 Å². The first-order valence-electron chi connectivity index (χ1n) is 6.02. The molecule has 2 heterocycles. The molecule has 1 amide bonds. The third-order valence-electron chi connectivity index (χ3n) is 3.81. The summed E-state index contributed by atoms with van der Waals surface area (Å²) in [6.07, 6.45) is 0. The van der Waals surface area contributed by atoms with Crippen molar-refractivity contribution in [1.82, 2.24) is 5.32 Å². The summed E-state index contributed by atoms with van der Waals surface area (Å²) < 4.78 is 0. The quantitative estimate of drug-likeness (QED) is 0.699. The summed E-state index contributed by atoms with van der Waals surface area (Å²) in [5.74, 6) is 0.183. The molecular weight excluding hydrogens is 214 g/mol. The van der Waals surface area contributed by atoms with Crippen LogP contribution in [0.3, 0.4) is 0 Å². The van der Waals surface area contributed by atoms with Crippen LogP contribution in [0.25, 0.3) is 0 Å². The number of anilines is 2. The number of benzene rings is 1. The number of carbonyl (C=O) groups is 1. The Morgan fingerprint density at radius 1 is 1.35 bits per heavy atom. The second-order valence-corrected chi connectivity index (χ2v) is 4.95. The molecule has 2 aliphatic rings. The maximum Gasteiger partial charge on any atom is 0.230 e. The number of likely N-dealkylation sites (N-methyl/N-ethyl adjacent to an activating group) is 1. The van der Waals surface area contributed by atoms with Gasteiger partial charge in [-0.05, 0) is 24.6 Å². The smallest absolute Gasteiger partial charge is 0.230 e. The van der Waals surface area contributed by atoms with E-state index < -0.39 is 0 Å². The van der Waals surface area contributed by atoms with Gasteiger partial charge in [-0.15, -0.1) is 0 Å². The van der Waals surface area contributed by atoms with Gasteiger partial charge in [0, 0.05) is 20.1 Å². The van der Waals surface area contributed by atoms with Gasteiger partial charge in [0.1, 0.15) is 0 Å². The average molecular weight is 231 g/mol. The lowest BCUT2D eigenvalue weighted by Gasteiger charge is -2.27. The summed E-state index contributed by atoms with van der Waals surface area (Å²) in [6, 6.07) is 6.42. The summed E-state index contributed by atoms with van der Waals surface area (Å²) in [7, 11) is 2.07. The number of hydrogen-bond donors (Lipinski definition) is 2. The van der Waals surface area contributed by atoms with Gasteiger partial charge < -0.3 is 15.5 Å². The number of nitrogens with one attached hydrogen (secondary N) is 2. The highest BCUT2D eigenvalue weighted by Gasteiger charge is 2.38. The first kappa shape index (κ1) is 10.6. The molecule has 90 valence electrons. The zero-order valence-electron chi connectivity index (χ0n) is 10.2. The molecule has 1 aromatic carbocycles. The van der Waals surface area contributed by atoms with Crippen molar-refractivity contribution < 1.29 is 4.79 Å². The number of amides is 1. The molecule has 1 aromatic rings. The molecule has 1 fully saturated rings. The van der Waals surface area contributed by atoms with Gasteiger partial charge in [0.2, 0.25) is 5.91 Å². The predicted molar refractivity (Wildman–Crippen MR) is 68.4 cm³/mol. The van der Waals surface area contributed by atoms with Crippen molar-refractivity contribution in [3.8, 4) is 0 Å². The molecule has 1 saturated heterocycles. The van der Waals surface area contributed by atoms with Crippen molar-refractivity contribution in [1.29, 1.82) is 0 Å². The Balaban J connectivity index is 2.09. The Morgan fingerprint density at radius 3 is 3.00 bits per heavy atom. The molecule has 17 heavy (non-hydrogen) atoms. The average Bonchev–Trinajstić information content (AvgIpc) is 2.76. The van der Waals surface area contributed by atoms with E-state index in [1.165, 1.54) is 5.56 Å². The van der Waals surface area contributed by atoms with Crippen LogP contribution in [0.4, 0.5) is 11.4 Å². The molecule has 2 N–H and O–H groups in total. The van der Waals surface area contributed by atoms with Crippen LogP contribution in [-0.2, 0) is 4.79 Å². The highest BCUT2D eigenvalue weighted by molar-refractivity contribution is 5.98. The minimum absolute atomic E-state index is 0.0488. The van der Waals surface area contributed by atoms with Crippen LogP contribution in [-0.4, -0.2) is 32.1 Å². The van der Waals surface area contributed by atoms with Crippen molar-refractivity contribution >= 4 is 17.3 Å². The Morgan fingerprint density at radius 2 is 2.18 bits per heavy atom. The van der Waals surface area contributed by atoms with Crippen LogP contribution in [0, 0.1) is 12.8 Å². The Hall–Kier alpha value is -1.55. The van der Waals surface area contributed by atoms with E-state index in [1.54, 1.807) is 0 Å². The second kappa shape index (κ2) is 3.74. The van der Waals surface area contributed by atoms with Crippen LogP contribution in [0.1, 0.15) is 5.56 Å². The van der Waals surface area contributed by atoms with Crippen molar-refractivity contribution in [2.24, 2.45) is 5.92 Å². The van der Waals surface area contributed by atoms with E-state index in [-0.39, 0.29) is 17.9 Å². The van der Waals surface area contributed by atoms with Crippen LogP contribution in [0.5, 0.6) is 0 Å². The zero-order chi connectivity index (χ0) is 12.0. The molecule has 4 nitrogen and oxygen atoms in total. The highest BCUT2D eigenvalue weighted by Crippen LogP contribution is 2.34. The van der Waals surface area contributed by atoms with Crippen LogP contribution in [0.15, 0.2) is 18.2 Å². The minimum atomic E-state index is 0.0488. The number of aryl methyl sites for hydroxylation is 1. The van der Waals surface area contributed by atoms with Crippen LogP contribution >= 0.6 is 0 Å². The van der Waals surface area contributed by atoms with Gasteiger partial charge in [0.15, 0.2) is 0 Å². The minimum Gasteiger partial charge on any atom is -0.368 e. The van der Waals surface area contributed by atoms with Crippen molar-refractivity contribution in [2.45, 2.75) is 13.0 Å². The number of rotatable bonds is 0. The summed E-state index contributed by atoms with van der Waals surface area (Å²) in [5.41, 5.74) is 3.27. The maximum atomic E-state index is 12.1. The molecule has 3 rings (SSSR count). The molecule has 0 spiro atoms. The van der Waals surface area contributed by atoms with Gasteiger partial charge in [-0.3, -0.25) is 4.79 Å². The maximum absolute atomic E-state index is 12.1. The van der Waals surface area contributed by atoms with Crippen molar-refractivity contribution in [3.05, 3.63) is 23.8 Å². The molecule has 0 aromatic heterocycles. The Bertz CT molecular complexity index is 472. The molecule has 4 heteroatoms. The lowest BCUT2D eigenvalue weighted by atomic mass is 10.0. The lowest BCUT2D eigenvalue weighted by molar-refractivity contribution is -0.119. The van der Waals surface area contributed by atoms with E-state index in [0.717, 1.165) is 24.5 Å². The molecule has 2 atom stereocenters. The summed E-state index contributed by atoms with van der Waals surface area (Å²) in [5, 5.41) is 6.33. The highest BCUT2D eigenvalue weighted by atomic mass is 16.2. The second-order valence-electron chi connectivity index (χ2n) is 4.95. The fourth-order valence-electron chi connectivity index (χ4n) is 2.78. The Kier molecular flexibility index (Phi) is 2.33. The van der Waals surface area contributed by atoms with E-state index in [1.807, 2.05) is 12.1 Å². The summed E-state index contributed by atoms with van der Waals surface area (Å²) in [4.78, 5) is 14.3. The summed E-state index contributed by atoms with van der Waals surface area (Å²) >= 11 is 0. The van der Waals surface area contributed by atoms with Crippen molar-refractivity contribution in [3.63, 3.8) is 0 Å². The van der Waals surface area contributed by atoms with E-state index in [4.69, 9.17) is 0 Å². The van der Waals surface area contributed by atoms with Crippen LogP contribution in [0.2, 0.25) is 0 Å². The topological polar surface area (TPSA) is 44.4 Å². The fourth-order valence-corrected chi connectivity index (χ4v) is 2.78. The standard InChI is InChI=1S/C13H17N3O/c1-8-3-4-10-11(5-8)16(2)12-7-14-6-9(12)13(17)15-10/h3-5,9,12,14H,6-7H2,1-2H3,(H,15,17). The summed E-state index contributed by atoms with van der Waals surface area (Å²) in [6.45, 7) is 3.72. The zero-order valence-corrected chi connectivity index (χ0v) is 10.2. The first-order valence-corrected chi connectivity index (χ1v) is 6.02. The van der Waals surface area contributed by atoms with Crippen LogP contribution < -0.4 is 15.5 Å². The molecule has 0 saturated carbocycles. The first-order chi connectivity index (χ1) is 8.16. The van der Waals surface area contributed by atoms with Gasteiger partial charge in [0.25, 0.3) is 0 Å². The van der Waals surface area contributed by atoms with E-state index >= 15 is 0 Å². The fraction of sp³-hybridized carbons (Fsp3) is 0.462. The molecule has 0 radical (unpaired) electrons. The van der Waals surface area contributed by atoms with Gasteiger partial charge in [-0.1, -0.05) is 6.07 Å². The molecule has 0 aliphatic carbocycles. The van der Waals surface area contributed by atoms with Crippen molar-refractivity contribution in [2.75, 3.05) is 30.4 Å². The SMILES string of the molecule is Cc1ccc2c(c1)N(C)C1CNCC1C(=O)N2.